The number of carbonyl (C=O) groups excluding carboxylic acids is 2. The summed E-state index contributed by atoms with van der Waals surface area (Å²) in [5.41, 5.74) is -1.01. The Labute approximate surface area is 402 Å². The molecule has 5 heterocycles. The fraction of sp³-hybridized carbons (Fsp3) is 0.918. The van der Waals surface area contributed by atoms with Gasteiger partial charge in [-0.2, -0.15) is 0 Å². The molecule has 0 bridgehead atoms. The summed E-state index contributed by atoms with van der Waals surface area (Å²) in [5.74, 6) is -0.580. The molecule has 4 aliphatic carbocycles. The third-order valence-corrected chi connectivity index (χ3v) is 18.4. The zero-order valence-corrected chi connectivity index (χ0v) is 40.5. The van der Waals surface area contributed by atoms with Crippen molar-refractivity contribution in [2.75, 3.05) is 13.2 Å². The highest BCUT2D eigenvalue weighted by atomic mass is 16.8. The van der Waals surface area contributed by atoms with Gasteiger partial charge in [0.1, 0.15) is 55.4 Å². The molecule has 0 amide bonds. The Morgan fingerprint density at radius 2 is 1.33 bits per heavy atom. The molecule has 0 aromatic heterocycles. The van der Waals surface area contributed by atoms with Crippen molar-refractivity contribution in [2.45, 2.75) is 234 Å². The summed E-state index contributed by atoms with van der Waals surface area (Å²) in [6.45, 7) is 10.3. The number of hydrogen-bond donors (Lipinski definition) is 8. The van der Waals surface area contributed by atoms with Crippen molar-refractivity contribution in [1.82, 2.24) is 0 Å². The average molecular weight is 985 g/mol. The van der Waals surface area contributed by atoms with Crippen LogP contribution in [0.15, 0.2) is 11.6 Å². The predicted molar refractivity (Wildman–Crippen MR) is 235 cm³/mol. The largest absolute Gasteiger partial charge is 0.459 e. The van der Waals surface area contributed by atoms with Crippen molar-refractivity contribution < 1.29 is 97.8 Å². The normalized spacial score (nSPS) is 53.3. The summed E-state index contributed by atoms with van der Waals surface area (Å²) < 4.78 is 60.1. The van der Waals surface area contributed by atoms with Crippen molar-refractivity contribution >= 4 is 11.9 Å². The molecule has 0 aromatic carbocycles. The van der Waals surface area contributed by atoms with Gasteiger partial charge in [-0.3, -0.25) is 4.79 Å². The van der Waals surface area contributed by atoms with Crippen LogP contribution in [0.2, 0.25) is 0 Å². The molecule has 4 saturated carbocycles. The van der Waals surface area contributed by atoms with E-state index in [1.54, 1.807) is 26.8 Å². The van der Waals surface area contributed by atoms with Crippen molar-refractivity contribution in [2.24, 2.45) is 34.5 Å². The Kier molecular flexibility index (Phi) is 15.1. The second kappa shape index (κ2) is 20.0. The van der Waals surface area contributed by atoms with E-state index in [9.17, 15) is 50.4 Å². The quantitative estimate of drug-likeness (QED) is 0.104. The van der Waals surface area contributed by atoms with Crippen LogP contribution in [-0.2, 0) is 57.0 Å². The predicted octanol–water partition coefficient (Wildman–Crippen LogP) is 0.613. The van der Waals surface area contributed by atoms with Crippen LogP contribution in [0.3, 0.4) is 0 Å². The maximum absolute atomic E-state index is 12.6. The van der Waals surface area contributed by atoms with Crippen LogP contribution in [0.25, 0.3) is 0 Å². The van der Waals surface area contributed by atoms with Crippen molar-refractivity contribution in [3.05, 3.63) is 11.6 Å². The van der Waals surface area contributed by atoms with Gasteiger partial charge in [-0.1, -0.05) is 13.8 Å². The van der Waals surface area contributed by atoms with Crippen LogP contribution in [0, 0.1) is 34.5 Å². The second-order valence-electron chi connectivity index (χ2n) is 22.2. The highest BCUT2D eigenvalue weighted by Gasteiger charge is 2.71. The van der Waals surface area contributed by atoms with Gasteiger partial charge in [-0.25, -0.2) is 4.79 Å². The summed E-state index contributed by atoms with van der Waals surface area (Å²) in [5, 5.41) is 88.1. The third-order valence-electron chi connectivity index (χ3n) is 18.4. The van der Waals surface area contributed by atoms with E-state index >= 15 is 0 Å². The van der Waals surface area contributed by atoms with Gasteiger partial charge in [0.05, 0.1) is 54.9 Å². The van der Waals surface area contributed by atoms with Gasteiger partial charge in [0, 0.05) is 37.7 Å². The molecule has 26 atom stereocenters. The number of carbonyl (C=O) groups is 2. The van der Waals surface area contributed by atoms with E-state index in [1.165, 1.54) is 6.92 Å². The van der Waals surface area contributed by atoms with E-state index in [0.29, 0.717) is 25.2 Å². The number of cyclic esters (lactones) is 1. The average Bonchev–Trinajstić information content (AvgIpc) is 3.84. The topological polar surface area (TPSA) is 288 Å². The van der Waals surface area contributed by atoms with Gasteiger partial charge in [0.2, 0.25) is 0 Å². The van der Waals surface area contributed by atoms with Gasteiger partial charge in [-0.15, -0.1) is 0 Å². The summed E-state index contributed by atoms with van der Waals surface area (Å²) in [7, 11) is 0. The van der Waals surface area contributed by atoms with E-state index in [2.05, 4.69) is 6.92 Å². The third kappa shape index (κ3) is 9.48. The molecular formula is C49H76O20. The van der Waals surface area contributed by atoms with E-state index in [4.69, 9.17) is 47.4 Å². The standard InChI is InChI=1S/C49H76O20/c1-21-43(67-38-17-32(53)44(22(2)62-38)68-39-18-33(64-24(4)51)45(23(3)63-39)69-46-42(58)41(57)40(56)34(19-50)66-46)31(52)16-37(61-21)65-27-9-11-47(5)26(14-27)7-8-29-30(47)15-35(54)48(6)28(10-12-49(29,48)59)25-13-36(55)60-20-25/h13,21-23,26-35,37-46,50,52-54,56-59H,7-12,14-20H2,1-6H3/t21-,22-,23-,26-,27+,28-,29?,30+,31+,32+,33+,34-,35-,37+,38+,39+,40-,41+,42-,43-,44-,45-,46-,47+,48+,49+/m1/s1. The van der Waals surface area contributed by atoms with Crippen LogP contribution < -0.4 is 0 Å². The minimum Gasteiger partial charge on any atom is -0.459 e. The molecule has 4 saturated heterocycles. The molecule has 1 unspecified atom stereocenters. The Hall–Kier alpha value is -1.96. The molecule has 8 N–H and O–H groups in total. The number of aliphatic hydroxyl groups is 8. The number of rotatable bonds is 11. The molecule has 9 aliphatic rings. The number of aliphatic hydroxyl groups excluding tert-OH is 7. The van der Waals surface area contributed by atoms with Crippen molar-refractivity contribution in [3.8, 4) is 0 Å². The smallest absolute Gasteiger partial charge is 0.331 e. The lowest BCUT2D eigenvalue weighted by Gasteiger charge is -2.65. The van der Waals surface area contributed by atoms with E-state index in [-0.39, 0.29) is 61.1 Å². The SMILES string of the molecule is CC(=O)O[C@H]1C[C@H](O[C@H]2[C@@H](O)C[C@H](O[C@H]3[C@@H](O)C[C@H](O[C@H]4CC[C@@]5(C)[C@H](CCC6[C@@H]5C[C@@H](O)[C@]5(C)[C@@H](C7=CC(=O)OC7)CC[C@]65O)C4)O[C@@H]3C)O[C@@H]2C)O[C@H](C)[C@H]1O[C@H]1O[C@H](CO)[C@@H](O)[C@H](O)[C@H]1O. The number of fused-ring (bicyclic) bond motifs is 5. The lowest BCUT2D eigenvalue weighted by atomic mass is 9.42. The summed E-state index contributed by atoms with van der Waals surface area (Å²) in [6, 6.07) is 0. The van der Waals surface area contributed by atoms with Crippen LogP contribution >= 0.6 is 0 Å². The molecule has 69 heavy (non-hydrogen) atoms. The Morgan fingerprint density at radius 3 is 1.93 bits per heavy atom. The highest BCUT2D eigenvalue weighted by molar-refractivity contribution is 5.85. The van der Waals surface area contributed by atoms with E-state index < -0.39 is 134 Å². The summed E-state index contributed by atoms with van der Waals surface area (Å²) in [4.78, 5) is 24.2. The first-order valence-corrected chi connectivity index (χ1v) is 25.3. The minimum absolute atomic E-state index is 0.00421. The number of hydrogen-bond acceptors (Lipinski definition) is 20. The zero-order chi connectivity index (χ0) is 49.5. The van der Waals surface area contributed by atoms with E-state index in [1.807, 2.05) is 6.92 Å². The first kappa shape index (κ1) is 51.9. The molecule has 0 radical (unpaired) electrons. The van der Waals surface area contributed by atoms with Gasteiger partial charge in [-0.05, 0) is 107 Å². The zero-order valence-electron chi connectivity index (χ0n) is 40.5. The van der Waals surface area contributed by atoms with Crippen molar-refractivity contribution in [3.63, 3.8) is 0 Å². The Morgan fingerprint density at radius 1 is 0.710 bits per heavy atom. The molecule has 20 nitrogen and oxygen atoms in total. The lowest BCUT2D eigenvalue weighted by molar-refractivity contribution is -0.355. The molecule has 392 valence electrons. The first-order valence-electron chi connectivity index (χ1n) is 25.3. The Balaban J connectivity index is 0.752. The molecule has 0 spiro atoms. The van der Waals surface area contributed by atoms with Crippen LogP contribution in [0.5, 0.6) is 0 Å². The highest BCUT2D eigenvalue weighted by Crippen LogP contribution is 2.70. The van der Waals surface area contributed by atoms with Gasteiger partial charge in [0.25, 0.3) is 0 Å². The van der Waals surface area contributed by atoms with Crippen LogP contribution in [-0.4, -0.2) is 188 Å². The molecule has 8 fully saturated rings. The van der Waals surface area contributed by atoms with Gasteiger partial charge >= 0.3 is 11.9 Å². The molecule has 0 aromatic rings. The molecule has 20 heteroatoms. The van der Waals surface area contributed by atoms with Gasteiger partial charge < -0.3 is 88.2 Å². The van der Waals surface area contributed by atoms with Crippen molar-refractivity contribution in [1.29, 1.82) is 0 Å². The molecule has 9 rings (SSSR count). The molecule has 5 aliphatic heterocycles. The first-order chi connectivity index (χ1) is 32.6. The van der Waals surface area contributed by atoms with Crippen LogP contribution in [0.1, 0.15) is 112 Å². The van der Waals surface area contributed by atoms with Crippen LogP contribution in [0.4, 0.5) is 0 Å². The fourth-order valence-electron chi connectivity index (χ4n) is 14.6. The lowest BCUT2D eigenvalue weighted by Crippen LogP contribution is -2.67. The Bertz CT molecular complexity index is 1850. The maximum Gasteiger partial charge on any atom is 0.331 e. The number of esters is 2. The fourth-order valence-corrected chi connectivity index (χ4v) is 14.6. The van der Waals surface area contributed by atoms with Gasteiger partial charge in [0.15, 0.2) is 25.2 Å². The van der Waals surface area contributed by atoms with E-state index in [0.717, 1.165) is 37.7 Å². The molecular weight excluding hydrogens is 909 g/mol. The summed E-state index contributed by atoms with van der Waals surface area (Å²) in [6.07, 6.45) is -11.1. The summed E-state index contributed by atoms with van der Waals surface area (Å²) >= 11 is 0. The monoisotopic (exact) mass is 984 g/mol. The number of ether oxygens (including phenoxy) is 10. The second-order valence-corrected chi connectivity index (χ2v) is 22.2. The minimum atomic E-state index is -1.69. The maximum atomic E-state index is 12.6.